The second-order valence-corrected chi connectivity index (χ2v) is 5.87. The van der Waals surface area contributed by atoms with Gasteiger partial charge < -0.3 is 14.9 Å². The molecule has 2 N–H and O–H groups in total. The predicted molar refractivity (Wildman–Crippen MR) is 83.1 cm³/mol. The fraction of sp³-hybridized carbons (Fsp3) is 0.125. The molecule has 0 bridgehead atoms. The van der Waals surface area contributed by atoms with Gasteiger partial charge in [0.2, 0.25) is 5.88 Å². The third-order valence-corrected chi connectivity index (χ3v) is 4.22. The lowest BCUT2D eigenvalue weighted by Crippen LogP contribution is -2.26. The molecule has 116 valence electrons. The Balaban J connectivity index is 2.34. The van der Waals surface area contributed by atoms with Crippen molar-refractivity contribution in [3.63, 3.8) is 0 Å². The van der Waals surface area contributed by atoms with Crippen LogP contribution in [0.4, 0.5) is 4.39 Å². The van der Waals surface area contributed by atoms with Crippen LogP contribution in [0.3, 0.4) is 0 Å². The average Bonchev–Trinajstić information content (AvgIpc) is 2.45. The van der Waals surface area contributed by atoms with Crippen LogP contribution in [0.25, 0.3) is 0 Å². The maximum Gasteiger partial charge on any atom is 0.343 e. The number of rotatable bonds is 1. The summed E-state index contributed by atoms with van der Waals surface area (Å²) in [5.74, 6) is -0.739. The lowest BCUT2D eigenvalue weighted by atomic mass is 9.84. The van der Waals surface area contributed by atoms with Gasteiger partial charge in [-0.15, -0.1) is 0 Å². The second kappa shape index (κ2) is 5.56. The van der Waals surface area contributed by atoms with Gasteiger partial charge in [0.15, 0.2) is 0 Å². The summed E-state index contributed by atoms with van der Waals surface area (Å²) in [4.78, 5) is 12.3. The van der Waals surface area contributed by atoms with Gasteiger partial charge in [-0.25, -0.2) is 9.18 Å². The van der Waals surface area contributed by atoms with E-state index in [1.54, 1.807) is 6.92 Å². The molecule has 0 amide bonds. The summed E-state index contributed by atoms with van der Waals surface area (Å²) >= 11 is 3.26. The van der Waals surface area contributed by atoms with E-state index in [2.05, 4.69) is 15.9 Å². The molecule has 3 rings (SSSR count). The molecule has 1 unspecified atom stereocenters. The van der Waals surface area contributed by atoms with Gasteiger partial charge in [0.1, 0.15) is 29.0 Å². The van der Waals surface area contributed by atoms with E-state index in [9.17, 15) is 14.4 Å². The first kappa shape index (κ1) is 15.3. The van der Waals surface area contributed by atoms with Crippen molar-refractivity contribution in [2.24, 2.45) is 5.73 Å². The average molecular weight is 377 g/mol. The van der Waals surface area contributed by atoms with Gasteiger partial charge in [0.25, 0.3) is 0 Å². The van der Waals surface area contributed by atoms with Crippen LogP contribution in [-0.4, -0.2) is 0 Å². The molecule has 0 fully saturated rings. The van der Waals surface area contributed by atoms with Gasteiger partial charge in [0.05, 0.1) is 11.5 Å². The van der Waals surface area contributed by atoms with Crippen molar-refractivity contribution in [2.75, 3.05) is 0 Å². The highest BCUT2D eigenvalue weighted by Crippen LogP contribution is 2.42. The number of halogens is 2. The van der Waals surface area contributed by atoms with Crippen molar-refractivity contribution in [3.8, 4) is 11.8 Å². The first-order chi connectivity index (χ1) is 10.9. The first-order valence-corrected chi connectivity index (χ1v) is 7.39. The fourth-order valence-electron chi connectivity index (χ4n) is 2.56. The molecule has 1 aromatic heterocycles. The zero-order chi connectivity index (χ0) is 16.7. The van der Waals surface area contributed by atoms with Crippen LogP contribution >= 0.6 is 15.9 Å². The van der Waals surface area contributed by atoms with Gasteiger partial charge in [-0.1, -0.05) is 22.0 Å². The summed E-state index contributed by atoms with van der Waals surface area (Å²) < 4.78 is 24.3. The van der Waals surface area contributed by atoms with Crippen molar-refractivity contribution >= 4 is 15.9 Å². The normalized spacial score (nSPS) is 16.5. The summed E-state index contributed by atoms with van der Waals surface area (Å²) in [6.45, 7) is 1.60. The minimum atomic E-state index is -0.796. The topological polar surface area (TPSA) is 89.2 Å². The van der Waals surface area contributed by atoms with Crippen molar-refractivity contribution in [3.05, 3.63) is 73.3 Å². The molecule has 2 aromatic rings. The number of nitrogens with zero attached hydrogens (tertiary/aromatic N) is 1. The Kier molecular flexibility index (Phi) is 3.70. The van der Waals surface area contributed by atoms with Crippen LogP contribution in [0, 0.1) is 24.1 Å². The summed E-state index contributed by atoms with van der Waals surface area (Å²) in [6.07, 6.45) is 0. The third kappa shape index (κ3) is 2.51. The SMILES string of the molecule is Cc1cc2c(c(=O)o1)C(c1ccc(F)cc1Br)C(C#N)=C(N)O2. The molecule has 0 radical (unpaired) electrons. The van der Waals surface area contributed by atoms with Crippen molar-refractivity contribution in [1.82, 2.24) is 0 Å². The lowest BCUT2D eigenvalue weighted by Gasteiger charge is -2.25. The van der Waals surface area contributed by atoms with Crippen LogP contribution in [0.2, 0.25) is 0 Å². The Morgan fingerprint density at radius 3 is 2.78 bits per heavy atom. The van der Waals surface area contributed by atoms with Gasteiger partial charge in [-0.3, -0.25) is 0 Å². The first-order valence-electron chi connectivity index (χ1n) is 6.59. The van der Waals surface area contributed by atoms with E-state index in [-0.39, 0.29) is 22.8 Å². The number of allylic oxidation sites excluding steroid dienone is 1. The van der Waals surface area contributed by atoms with E-state index < -0.39 is 17.4 Å². The van der Waals surface area contributed by atoms with E-state index in [0.717, 1.165) is 0 Å². The largest absolute Gasteiger partial charge is 0.440 e. The van der Waals surface area contributed by atoms with Crippen molar-refractivity contribution in [2.45, 2.75) is 12.8 Å². The van der Waals surface area contributed by atoms with Gasteiger partial charge >= 0.3 is 5.63 Å². The van der Waals surface area contributed by atoms with E-state index in [1.807, 2.05) is 6.07 Å². The molecule has 0 saturated heterocycles. The number of benzene rings is 1. The minimum absolute atomic E-state index is 0.0703. The second-order valence-electron chi connectivity index (χ2n) is 5.01. The Bertz CT molecular complexity index is 943. The van der Waals surface area contributed by atoms with Gasteiger partial charge in [-0.05, 0) is 24.6 Å². The zero-order valence-corrected chi connectivity index (χ0v) is 13.5. The van der Waals surface area contributed by atoms with Crippen molar-refractivity contribution in [1.29, 1.82) is 5.26 Å². The molecule has 23 heavy (non-hydrogen) atoms. The molecule has 0 saturated carbocycles. The summed E-state index contributed by atoms with van der Waals surface area (Å²) in [7, 11) is 0. The predicted octanol–water partition coefficient (Wildman–Crippen LogP) is 3.07. The maximum atomic E-state index is 13.4. The highest BCUT2D eigenvalue weighted by molar-refractivity contribution is 9.10. The fourth-order valence-corrected chi connectivity index (χ4v) is 3.14. The summed E-state index contributed by atoms with van der Waals surface area (Å²) in [5.41, 5.74) is 5.95. The lowest BCUT2D eigenvalue weighted by molar-refractivity contribution is 0.371. The molecule has 1 aromatic carbocycles. The highest BCUT2D eigenvalue weighted by Gasteiger charge is 2.35. The molecule has 1 atom stereocenters. The number of nitriles is 1. The van der Waals surface area contributed by atoms with Gasteiger partial charge in [0, 0.05) is 10.5 Å². The van der Waals surface area contributed by atoms with Crippen LogP contribution in [-0.2, 0) is 0 Å². The number of fused-ring (bicyclic) bond motifs is 1. The molecule has 1 aliphatic heterocycles. The number of ether oxygens (including phenoxy) is 1. The minimum Gasteiger partial charge on any atom is -0.440 e. The van der Waals surface area contributed by atoms with Crippen LogP contribution in [0.1, 0.15) is 22.8 Å². The quantitative estimate of drug-likeness (QED) is 0.825. The van der Waals surface area contributed by atoms with Gasteiger partial charge in [-0.2, -0.15) is 5.26 Å². The maximum absolute atomic E-state index is 13.4. The number of nitrogens with two attached hydrogens (primary N) is 1. The molecular weight excluding hydrogens is 367 g/mol. The third-order valence-electron chi connectivity index (χ3n) is 3.53. The Morgan fingerprint density at radius 1 is 1.39 bits per heavy atom. The molecule has 2 heterocycles. The number of hydrogen-bond donors (Lipinski definition) is 1. The van der Waals surface area contributed by atoms with E-state index in [1.165, 1.54) is 24.3 Å². The molecule has 5 nitrogen and oxygen atoms in total. The van der Waals surface area contributed by atoms with Crippen LogP contribution in [0.5, 0.6) is 5.75 Å². The summed E-state index contributed by atoms with van der Waals surface area (Å²) in [6, 6.07) is 7.48. The zero-order valence-electron chi connectivity index (χ0n) is 11.9. The molecule has 0 aliphatic carbocycles. The monoisotopic (exact) mass is 376 g/mol. The molecule has 1 aliphatic rings. The number of hydrogen-bond acceptors (Lipinski definition) is 5. The Hall–Kier alpha value is -2.59. The van der Waals surface area contributed by atoms with Crippen LogP contribution in [0.15, 0.2) is 49.4 Å². The Morgan fingerprint density at radius 2 is 2.13 bits per heavy atom. The van der Waals surface area contributed by atoms with E-state index in [0.29, 0.717) is 15.8 Å². The standard InChI is InChI=1S/C16H10BrFN2O3/c1-7-4-12-14(16(21)22-7)13(10(6-19)15(20)23-12)9-3-2-8(18)5-11(9)17/h2-5,13H,20H2,1H3. The molecular formula is C16H10BrFN2O3. The smallest absolute Gasteiger partial charge is 0.343 e. The summed E-state index contributed by atoms with van der Waals surface area (Å²) in [5, 5.41) is 9.42. The van der Waals surface area contributed by atoms with E-state index >= 15 is 0 Å². The van der Waals surface area contributed by atoms with E-state index in [4.69, 9.17) is 14.9 Å². The number of aryl methyl sites for hydroxylation is 1. The van der Waals surface area contributed by atoms with Crippen molar-refractivity contribution < 1.29 is 13.5 Å². The van der Waals surface area contributed by atoms with Crippen LogP contribution < -0.4 is 16.1 Å². The molecule has 0 spiro atoms. The Labute approximate surface area is 138 Å². The highest BCUT2D eigenvalue weighted by atomic mass is 79.9. The molecule has 7 heteroatoms.